The van der Waals surface area contributed by atoms with Gasteiger partial charge >= 0.3 is 0 Å². The predicted molar refractivity (Wildman–Crippen MR) is 113 cm³/mol. The molecule has 154 valence electrons. The summed E-state index contributed by atoms with van der Waals surface area (Å²) < 4.78 is 1.68. The molecule has 2 aromatic heterocycles. The van der Waals surface area contributed by atoms with Crippen LogP contribution >= 0.6 is 0 Å². The number of carbonyl (C=O) groups excluding carboxylic acids is 2. The minimum atomic E-state index is -0.194. The fraction of sp³-hybridized carbons (Fsp3) is 0.304. The van der Waals surface area contributed by atoms with Crippen molar-refractivity contribution in [2.75, 3.05) is 13.1 Å². The predicted octanol–water partition coefficient (Wildman–Crippen LogP) is 2.74. The van der Waals surface area contributed by atoms with Crippen LogP contribution in [-0.2, 0) is 11.3 Å². The van der Waals surface area contributed by atoms with Crippen molar-refractivity contribution in [2.24, 2.45) is 5.92 Å². The first-order chi connectivity index (χ1) is 14.6. The smallest absolute Gasteiger partial charge is 0.253 e. The molecule has 7 nitrogen and oxygen atoms in total. The van der Waals surface area contributed by atoms with E-state index in [1.807, 2.05) is 55.6 Å². The molecule has 30 heavy (non-hydrogen) atoms. The number of hydrogen-bond acceptors (Lipinski definition) is 4. The number of aryl methyl sites for hydroxylation is 1. The number of aromatic nitrogens is 3. The van der Waals surface area contributed by atoms with Gasteiger partial charge in [-0.3, -0.25) is 9.59 Å². The van der Waals surface area contributed by atoms with E-state index in [1.165, 1.54) is 0 Å². The largest absolute Gasteiger partial charge is 0.352 e. The van der Waals surface area contributed by atoms with Crippen molar-refractivity contribution in [3.05, 3.63) is 77.7 Å². The van der Waals surface area contributed by atoms with E-state index >= 15 is 0 Å². The van der Waals surface area contributed by atoms with E-state index in [9.17, 15) is 9.59 Å². The van der Waals surface area contributed by atoms with Gasteiger partial charge in [0.2, 0.25) is 5.91 Å². The van der Waals surface area contributed by atoms with Crippen LogP contribution in [0, 0.1) is 12.8 Å². The molecule has 1 fully saturated rings. The molecule has 1 aliphatic rings. The molecule has 0 radical (unpaired) electrons. The van der Waals surface area contributed by atoms with Crippen molar-refractivity contribution in [1.29, 1.82) is 0 Å². The number of amides is 2. The van der Waals surface area contributed by atoms with Crippen molar-refractivity contribution >= 4 is 11.8 Å². The number of piperidine rings is 1. The molecule has 0 saturated carbocycles. The Hall–Kier alpha value is -3.48. The molecule has 3 heterocycles. The summed E-state index contributed by atoms with van der Waals surface area (Å²) in [4.78, 5) is 31.6. The minimum absolute atomic E-state index is 0.00880. The Morgan fingerprint density at radius 2 is 2.00 bits per heavy atom. The lowest BCUT2D eigenvalue weighted by molar-refractivity contribution is -0.126. The summed E-state index contributed by atoms with van der Waals surface area (Å²) in [6, 6.07) is 13.2. The second-order valence-electron chi connectivity index (χ2n) is 7.65. The zero-order valence-electron chi connectivity index (χ0n) is 17.0. The third kappa shape index (κ3) is 4.56. The molecular weight excluding hydrogens is 378 g/mol. The summed E-state index contributed by atoms with van der Waals surface area (Å²) in [5, 5.41) is 7.19. The molecule has 1 unspecified atom stereocenters. The van der Waals surface area contributed by atoms with Gasteiger partial charge in [0.15, 0.2) is 5.82 Å². The normalized spacial score (nSPS) is 16.3. The van der Waals surface area contributed by atoms with Crippen LogP contribution in [0.5, 0.6) is 0 Å². The molecule has 1 atom stereocenters. The molecule has 0 spiro atoms. The van der Waals surface area contributed by atoms with Gasteiger partial charge in [0.1, 0.15) is 0 Å². The maximum Gasteiger partial charge on any atom is 0.253 e. The number of rotatable bonds is 5. The fourth-order valence-corrected chi connectivity index (χ4v) is 3.69. The lowest BCUT2D eigenvalue weighted by Crippen LogP contribution is -2.45. The Labute approximate surface area is 175 Å². The summed E-state index contributed by atoms with van der Waals surface area (Å²) in [6.45, 7) is 3.55. The van der Waals surface area contributed by atoms with E-state index in [-0.39, 0.29) is 17.7 Å². The first-order valence-corrected chi connectivity index (χ1v) is 10.2. The molecule has 1 saturated heterocycles. The van der Waals surface area contributed by atoms with Gasteiger partial charge in [-0.25, -0.2) is 9.67 Å². The number of hydrogen-bond donors (Lipinski definition) is 1. The zero-order chi connectivity index (χ0) is 20.9. The molecule has 4 rings (SSSR count). The lowest BCUT2D eigenvalue weighted by atomic mass is 9.96. The van der Waals surface area contributed by atoms with Gasteiger partial charge in [-0.1, -0.05) is 17.7 Å². The maximum atomic E-state index is 12.8. The highest BCUT2D eigenvalue weighted by Crippen LogP contribution is 2.19. The Morgan fingerprint density at radius 1 is 1.17 bits per heavy atom. The molecule has 7 heteroatoms. The van der Waals surface area contributed by atoms with Crippen LogP contribution in [0.1, 0.15) is 34.3 Å². The third-order valence-electron chi connectivity index (χ3n) is 5.39. The average Bonchev–Trinajstić information content (AvgIpc) is 3.33. The third-order valence-corrected chi connectivity index (χ3v) is 5.39. The van der Waals surface area contributed by atoms with E-state index in [4.69, 9.17) is 0 Å². The molecule has 3 aromatic rings. The molecular formula is C23H25N5O2. The lowest BCUT2D eigenvalue weighted by Gasteiger charge is -2.32. The Kier molecular flexibility index (Phi) is 5.88. The Bertz CT molecular complexity index is 1010. The number of carbonyl (C=O) groups is 2. The SMILES string of the molecule is Cc1ccc(C(=O)N2CCCC(C(=O)NCc3ccnc(-n4cccn4)c3)C2)cc1. The average molecular weight is 403 g/mol. The molecule has 1 aliphatic heterocycles. The van der Waals surface area contributed by atoms with E-state index in [1.54, 1.807) is 22.0 Å². The highest BCUT2D eigenvalue weighted by atomic mass is 16.2. The van der Waals surface area contributed by atoms with Crippen molar-refractivity contribution in [3.8, 4) is 5.82 Å². The van der Waals surface area contributed by atoms with Gasteiger partial charge in [0, 0.05) is 43.8 Å². The minimum Gasteiger partial charge on any atom is -0.352 e. The van der Waals surface area contributed by atoms with Gasteiger partial charge < -0.3 is 10.2 Å². The second kappa shape index (κ2) is 8.90. The van der Waals surface area contributed by atoms with E-state index in [2.05, 4.69) is 15.4 Å². The number of nitrogens with one attached hydrogen (secondary N) is 1. The van der Waals surface area contributed by atoms with Crippen LogP contribution in [0.25, 0.3) is 5.82 Å². The van der Waals surface area contributed by atoms with Crippen LogP contribution in [0.15, 0.2) is 61.1 Å². The van der Waals surface area contributed by atoms with Crippen LogP contribution in [-0.4, -0.2) is 44.6 Å². The number of likely N-dealkylation sites (tertiary alicyclic amines) is 1. The summed E-state index contributed by atoms with van der Waals surface area (Å²) in [7, 11) is 0. The monoisotopic (exact) mass is 403 g/mol. The highest BCUT2D eigenvalue weighted by molar-refractivity contribution is 5.94. The molecule has 0 aliphatic carbocycles. The van der Waals surface area contributed by atoms with Gasteiger partial charge in [0.25, 0.3) is 5.91 Å². The van der Waals surface area contributed by atoms with Crippen LogP contribution in [0.2, 0.25) is 0 Å². The van der Waals surface area contributed by atoms with Gasteiger partial charge in [0.05, 0.1) is 5.92 Å². The Balaban J connectivity index is 1.35. The standard InChI is InChI=1S/C23H25N5O2/c1-17-5-7-19(8-6-17)23(30)27-12-2-4-20(16-27)22(29)25-15-18-9-11-24-21(14-18)28-13-3-10-26-28/h3,5-11,13-14,20H,2,4,12,15-16H2,1H3,(H,25,29). The molecule has 2 amide bonds. The van der Waals surface area contributed by atoms with Crippen molar-refractivity contribution in [2.45, 2.75) is 26.3 Å². The van der Waals surface area contributed by atoms with Gasteiger partial charge in [-0.15, -0.1) is 0 Å². The van der Waals surface area contributed by atoms with Crippen molar-refractivity contribution < 1.29 is 9.59 Å². The summed E-state index contributed by atoms with van der Waals surface area (Å²) in [6.07, 6.45) is 6.85. The van der Waals surface area contributed by atoms with E-state index < -0.39 is 0 Å². The van der Waals surface area contributed by atoms with Crippen LogP contribution < -0.4 is 5.32 Å². The molecule has 1 aromatic carbocycles. The van der Waals surface area contributed by atoms with E-state index in [0.29, 0.717) is 31.0 Å². The first-order valence-electron chi connectivity index (χ1n) is 10.2. The molecule has 1 N–H and O–H groups in total. The number of benzene rings is 1. The van der Waals surface area contributed by atoms with Gasteiger partial charge in [-0.2, -0.15) is 5.10 Å². The van der Waals surface area contributed by atoms with Crippen LogP contribution in [0.3, 0.4) is 0 Å². The van der Waals surface area contributed by atoms with E-state index in [0.717, 1.165) is 24.0 Å². The van der Waals surface area contributed by atoms with Crippen LogP contribution in [0.4, 0.5) is 0 Å². The second-order valence-corrected chi connectivity index (χ2v) is 7.65. The fourth-order valence-electron chi connectivity index (χ4n) is 3.69. The summed E-state index contributed by atoms with van der Waals surface area (Å²) >= 11 is 0. The molecule has 0 bridgehead atoms. The quantitative estimate of drug-likeness (QED) is 0.710. The van der Waals surface area contributed by atoms with Crippen molar-refractivity contribution in [3.63, 3.8) is 0 Å². The topological polar surface area (TPSA) is 80.1 Å². The summed E-state index contributed by atoms with van der Waals surface area (Å²) in [5.74, 6) is 0.485. The number of nitrogens with zero attached hydrogens (tertiary/aromatic N) is 4. The Morgan fingerprint density at radius 3 is 2.77 bits per heavy atom. The zero-order valence-corrected chi connectivity index (χ0v) is 17.0. The van der Waals surface area contributed by atoms with Gasteiger partial charge in [-0.05, 0) is 55.7 Å². The summed E-state index contributed by atoms with van der Waals surface area (Å²) in [5.41, 5.74) is 2.74. The highest BCUT2D eigenvalue weighted by Gasteiger charge is 2.28. The first kappa shape index (κ1) is 19.8. The van der Waals surface area contributed by atoms with Crippen molar-refractivity contribution in [1.82, 2.24) is 25.0 Å². The maximum absolute atomic E-state index is 12.8. The number of pyridine rings is 1.